The van der Waals surface area contributed by atoms with Crippen molar-refractivity contribution in [1.82, 2.24) is 4.90 Å². The van der Waals surface area contributed by atoms with Gasteiger partial charge in [0.05, 0.1) is 6.54 Å². The molecule has 1 aromatic carbocycles. The number of carbonyl (C=O) groups excluding carboxylic acids is 1. The van der Waals surface area contributed by atoms with E-state index in [1.54, 1.807) is 19.1 Å². The molecule has 3 nitrogen and oxygen atoms in total. The van der Waals surface area contributed by atoms with Crippen LogP contribution in [0.1, 0.15) is 25.3 Å². The highest BCUT2D eigenvalue weighted by Crippen LogP contribution is 2.13. The Labute approximate surface area is 108 Å². The summed E-state index contributed by atoms with van der Waals surface area (Å²) in [7, 11) is 1.91. The maximum atomic E-state index is 13.3. The van der Waals surface area contributed by atoms with Crippen molar-refractivity contribution in [2.24, 2.45) is 0 Å². The Morgan fingerprint density at radius 1 is 1.44 bits per heavy atom. The molecule has 1 rings (SSSR count). The molecule has 0 saturated heterocycles. The molecular weight excluding hydrogens is 231 g/mol. The Kier molecular flexibility index (Phi) is 5.78. The Hall–Kier alpha value is -1.42. The van der Waals surface area contributed by atoms with Gasteiger partial charge in [-0.15, -0.1) is 0 Å². The van der Waals surface area contributed by atoms with Gasteiger partial charge in [0.2, 0.25) is 5.91 Å². The molecule has 0 aliphatic carbocycles. The van der Waals surface area contributed by atoms with Crippen LogP contribution < -0.4 is 5.32 Å². The van der Waals surface area contributed by atoms with Crippen molar-refractivity contribution >= 4 is 11.6 Å². The predicted molar refractivity (Wildman–Crippen MR) is 72.2 cm³/mol. The molecule has 4 heteroatoms. The van der Waals surface area contributed by atoms with E-state index in [2.05, 4.69) is 12.2 Å². The van der Waals surface area contributed by atoms with Gasteiger partial charge in [-0.05, 0) is 44.6 Å². The van der Waals surface area contributed by atoms with E-state index in [0.29, 0.717) is 17.8 Å². The maximum Gasteiger partial charge on any atom is 0.238 e. The predicted octanol–water partition coefficient (Wildman–Crippen LogP) is 2.80. The topological polar surface area (TPSA) is 32.3 Å². The van der Waals surface area contributed by atoms with Crippen LogP contribution in [-0.4, -0.2) is 30.9 Å². The Bertz CT molecular complexity index is 407. The van der Waals surface area contributed by atoms with E-state index in [9.17, 15) is 9.18 Å². The number of carbonyl (C=O) groups is 1. The van der Waals surface area contributed by atoms with Crippen molar-refractivity contribution in [2.75, 3.05) is 25.5 Å². The van der Waals surface area contributed by atoms with Crippen LogP contribution in [0.5, 0.6) is 0 Å². The van der Waals surface area contributed by atoms with Crippen molar-refractivity contribution in [3.05, 3.63) is 29.6 Å². The monoisotopic (exact) mass is 252 g/mol. The first-order valence-corrected chi connectivity index (χ1v) is 6.27. The molecule has 0 atom stereocenters. The fourth-order valence-electron chi connectivity index (χ4n) is 1.62. The standard InChI is InChI=1S/C14H21FN2O/c1-4-5-8-17(3)10-14(18)16-12-7-6-11(2)13(15)9-12/h6-7,9H,4-5,8,10H2,1-3H3,(H,16,18). The Morgan fingerprint density at radius 2 is 2.17 bits per heavy atom. The molecule has 0 fully saturated rings. The lowest BCUT2D eigenvalue weighted by Crippen LogP contribution is -2.30. The summed E-state index contributed by atoms with van der Waals surface area (Å²) in [5.74, 6) is -0.413. The number of benzene rings is 1. The third-order valence-electron chi connectivity index (χ3n) is 2.76. The van der Waals surface area contributed by atoms with Gasteiger partial charge in [0, 0.05) is 5.69 Å². The summed E-state index contributed by atoms with van der Waals surface area (Å²) in [6, 6.07) is 4.72. The molecule has 0 radical (unpaired) electrons. The third kappa shape index (κ3) is 4.84. The number of hydrogen-bond donors (Lipinski definition) is 1. The highest BCUT2D eigenvalue weighted by atomic mass is 19.1. The number of unbranched alkanes of at least 4 members (excludes halogenated alkanes) is 1. The highest BCUT2D eigenvalue weighted by Gasteiger charge is 2.07. The Morgan fingerprint density at radius 3 is 2.78 bits per heavy atom. The van der Waals surface area contributed by atoms with Crippen LogP contribution in [0.4, 0.5) is 10.1 Å². The first kappa shape index (κ1) is 14.6. The zero-order chi connectivity index (χ0) is 13.5. The lowest BCUT2D eigenvalue weighted by molar-refractivity contribution is -0.117. The highest BCUT2D eigenvalue weighted by molar-refractivity contribution is 5.92. The Balaban J connectivity index is 2.46. The minimum absolute atomic E-state index is 0.114. The van der Waals surface area contributed by atoms with Gasteiger partial charge in [-0.3, -0.25) is 9.69 Å². The molecule has 0 spiro atoms. The molecule has 0 aromatic heterocycles. The summed E-state index contributed by atoms with van der Waals surface area (Å²) in [5, 5.41) is 2.70. The van der Waals surface area contributed by atoms with Gasteiger partial charge >= 0.3 is 0 Å². The van der Waals surface area contributed by atoms with Crippen molar-refractivity contribution in [2.45, 2.75) is 26.7 Å². The van der Waals surface area contributed by atoms with Crippen LogP contribution >= 0.6 is 0 Å². The minimum Gasteiger partial charge on any atom is -0.325 e. The molecule has 0 heterocycles. The molecule has 0 unspecified atom stereocenters. The quantitative estimate of drug-likeness (QED) is 0.844. The average Bonchev–Trinajstić information content (AvgIpc) is 2.31. The van der Waals surface area contributed by atoms with Crippen LogP contribution in [0.2, 0.25) is 0 Å². The lowest BCUT2D eigenvalue weighted by atomic mass is 10.2. The summed E-state index contributed by atoms with van der Waals surface area (Å²) in [5.41, 5.74) is 1.08. The normalized spacial score (nSPS) is 10.7. The van der Waals surface area contributed by atoms with Crippen molar-refractivity contribution < 1.29 is 9.18 Å². The fourth-order valence-corrected chi connectivity index (χ4v) is 1.62. The molecule has 18 heavy (non-hydrogen) atoms. The molecule has 0 aliphatic heterocycles. The van der Waals surface area contributed by atoms with E-state index < -0.39 is 0 Å². The SMILES string of the molecule is CCCCN(C)CC(=O)Nc1ccc(C)c(F)c1. The van der Waals surface area contributed by atoms with Gasteiger partial charge in [0.1, 0.15) is 5.82 Å². The molecular formula is C14H21FN2O. The van der Waals surface area contributed by atoms with E-state index in [1.165, 1.54) is 6.07 Å². The fraction of sp³-hybridized carbons (Fsp3) is 0.500. The number of likely N-dealkylation sites (N-methyl/N-ethyl adjacent to an activating group) is 1. The van der Waals surface area contributed by atoms with Gasteiger partial charge in [-0.1, -0.05) is 19.4 Å². The zero-order valence-corrected chi connectivity index (χ0v) is 11.3. The first-order chi connectivity index (χ1) is 8.52. The first-order valence-electron chi connectivity index (χ1n) is 6.27. The molecule has 0 aliphatic rings. The lowest BCUT2D eigenvalue weighted by Gasteiger charge is -2.15. The van der Waals surface area contributed by atoms with Crippen LogP contribution in [0, 0.1) is 12.7 Å². The van der Waals surface area contributed by atoms with Crippen molar-refractivity contribution in [1.29, 1.82) is 0 Å². The number of aryl methyl sites for hydroxylation is 1. The summed E-state index contributed by atoms with van der Waals surface area (Å²) in [6.07, 6.45) is 2.18. The molecule has 1 aromatic rings. The number of halogens is 1. The van der Waals surface area contributed by atoms with Gasteiger partial charge in [0.15, 0.2) is 0 Å². The van der Waals surface area contributed by atoms with E-state index in [4.69, 9.17) is 0 Å². The summed E-state index contributed by atoms with van der Waals surface area (Å²) in [6.45, 7) is 5.03. The second-order valence-corrected chi connectivity index (χ2v) is 4.60. The number of rotatable bonds is 6. The van der Waals surface area contributed by atoms with E-state index in [1.807, 2.05) is 11.9 Å². The number of anilines is 1. The molecule has 1 N–H and O–H groups in total. The van der Waals surface area contributed by atoms with Crippen LogP contribution in [-0.2, 0) is 4.79 Å². The summed E-state index contributed by atoms with van der Waals surface area (Å²) in [4.78, 5) is 13.7. The summed E-state index contributed by atoms with van der Waals surface area (Å²) < 4.78 is 13.3. The van der Waals surface area contributed by atoms with Gasteiger partial charge in [0.25, 0.3) is 0 Å². The molecule has 0 bridgehead atoms. The third-order valence-corrected chi connectivity index (χ3v) is 2.76. The number of nitrogens with one attached hydrogen (secondary N) is 1. The van der Waals surface area contributed by atoms with Crippen molar-refractivity contribution in [3.8, 4) is 0 Å². The van der Waals surface area contributed by atoms with E-state index >= 15 is 0 Å². The van der Waals surface area contributed by atoms with Crippen LogP contribution in [0.3, 0.4) is 0 Å². The smallest absolute Gasteiger partial charge is 0.238 e. The number of hydrogen-bond acceptors (Lipinski definition) is 2. The average molecular weight is 252 g/mol. The largest absolute Gasteiger partial charge is 0.325 e. The van der Waals surface area contributed by atoms with Crippen molar-refractivity contribution in [3.63, 3.8) is 0 Å². The zero-order valence-electron chi connectivity index (χ0n) is 11.3. The van der Waals surface area contributed by atoms with Gasteiger partial charge in [-0.2, -0.15) is 0 Å². The second kappa shape index (κ2) is 7.11. The molecule has 1 amide bonds. The maximum absolute atomic E-state index is 13.3. The van der Waals surface area contributed by atoms with Crippen LogP contribution in [0.15, 0.2) is 18.2 Å². The van der Waals surface area contributed by atoms with E-state index in [-0.39, 0.29) is 11.7 Å². The van der Waals surface area contributed by atoms with Crippen LogP contribution in [0.25, 0.3) is 0 Å². The second-order valence-electron chi connectivity index (χ2n) is 4.60. The minimum atomic E-state index is -0.299. The number of amides is 1. The molecule has 0 saturated carbocycles. The van der Waals surface area contributed by atoms with Gasteiger partial charge in [-0.25, -0.2) is 4.39 Å². The number of nitrogens with zero attached hydrogens (tertiary/aromatic N) is 1. The summed E-state index contributed by atoms with van der Waals surface area (Å²) >= 11 is 0. The van der Waals surface area contributed by atoms with E-state index in [0.717, 1.165) is 19.4 Å². The molecule has 100 valence electrons. The van der Waals surface area contributed by atoms with Gasteiger partial charge < -0.3 is 5.32 Å².